The molecule has 1 saturated heterocycles. The Morgan fingerprint density at radius 1 is 1.50 bits per heavy atom. The lowest BCUT2D eigenvalue weighted by Gasteiger charge is -2.21. The van der Waals surface area contributed by atoms with Gasteiger partial charge in [0, 0.05) is 0 Å². The number of thioether (sulfide) groups is 1. The fraction of sp³-hybridized carbons (Fsp3) is 0.750. The number of carbonyl (C=O) groups is 2. The Kier molecular flexibility index (Phi) is 5.16. The van der Waals surface area contributed by atoms with Gasteiger partial charge in [-0.25, -0.2) is 0 Å². The highest BCUT2D eigenvalue weighted by molar-refractivity contribution is 8.24. The predicted octanol–water partition coefficient (Wildman–Crippen LogP) is 2.21. The van der Waals surface area contributed by atoms with Crippen LogP contribution in [-0.4, -0.2) is 39.5 Å². The highest BCUT2D eigenvalue weighted by atomic mass is 32.2. The van der Waals surface area contributed by atoms with Crippen LogP contribution in [0.2, 0.25) is 0 Å². The molecule has 0 saturated carbocycles. The average Bonchev–Trinajstić information content (AvgIpc) is 2.44. The molecule has 1 rings (SSSR count). The molecule has 0 N–H and O–H groups in total. The molecule has 0 aromatic rings. The van der Waals surface area contributed by atoms with Crippen molar-refractivity contribution in [2.24, 2.45) is 5.41 Å². The second-order valence-electron chi connectivity index (χ2n) is 5.37. The summed E-state index contributed by atoms with van der Waals surface area (Å²) in [5.41, 5.74) is 0.0584. The normalized spacial score (nSPS) is 20.4. The van der Waals surface area contributed by atoms with Gasteiger partial charge >= 0.3 is 5.97 Å². The number of hydrogen-bond donors (Lipinski definition) is 0. The Morgan fingerprint density at radius 2 is 2.11 bits per heavy atom. The molecule has 1 aliphatic heterocycles. The summed E-state index contributed by atoms with van der Waals surface area (Å²) >= 11 is 6.52. The molecule has 1 atom stereocenters. The molecule has 102 valence electrons. The molecule has 1 amide bonds. The Hall–Kier alpha value is -0.620. The predicted molar refractivity (Wildman–Crippen MR) is 76.4 cm³/mol. The second kappa shape index (κ2) is 6.02. The van der Waals surface area contributed by atoms with Gasteiger partial charge in [0.05, 0.1) is 11.9 Å². The highest BCUT2D eigenvalue weighted by Crippen LogP contribution is 2.35. The van der Waals surface area contributed by atoms with Gasteiger partial charge in [0.15, 0.2) is 0 Å². The first-order chi connectivity index (χ1) is 8.24. The van der Waals surface area contributed by atoms with Crippen LogP contribution in [0, 0.1) is 5.41 Å². The molecule has 6 heteroatoms. The summed E-state index contributed by atoms with van der Waals surface area (Å²) < 4.78 is 5.31. The van der Waals surface area contributed by atoms with E-state index < -0.39 is 5.97 Å². The minimum atomic E-state index is -0.412. The van der Waals surface area contributed by atoms with Crippen molar-refractivity contribution in [3.63, 3.8) is 0 Å². The second-order valence-corrected chi connectivity index (χ2v) is 7.20. The molecule has 1 aliphatic rings. The van der Waals surface area contributed by atoms with Gasteiger partial charge in [0.25, 0.3) is 0 Å². The zero-order valence-electron chi connectivity index (χ0n) is 11.2. The van der Waals surface area contributed by atoms with E-state index in [1.165, 1.54) is 16.7 Å². The summed E-state index contributed by atoms with van der Waals surface area (Å²) in [5, 5.41) is -0.174. The van der Waals surface area contributed by atoms with Crippen LogP contribution in [0.15, 0.2) is 0 Å². The number of ether oxygens (including phenoxy) is 1. The van der Waals surface area contributed by atoms with Crippen molar-refractivity contribution in [1.29, 1.82) is 0 Å². The summed E-state index contributed by atoms with van der Waals surface area (Å²) in [6.45, 7) is 8.22. The van der Waals surface area contributed by atoms with Crippen LogP contribution in [0.3, 0.4) is 0 Å². The van der Waals surface area contributed by atoms with E-state index in [1.807, 2.05) is 0 Å². The molecule has 0 spiro atoms. The van der Waals surface area contributed by atoms with E-state index in [9.17, 15) is 9.59 Å². The molecule has 0 radical (unpaired) electrons. The van der Waals surface area contributed by atoms with Crippen LogP contribution in [0.25, 0.3) is 0 Å². The number of nitrogens with zero attached hydrogens (tertiary/aromatic N) is 1. The SMILES string of the molecule is CCOC(=O)CN1C(=O)C(CC(C)(C)C)SC1=S. The van der Waals surface area contributed by atoms with Gasteiger partial charge in [-0.15, -0.1) is 0 Å². The van der Waals surface area contributed by atoms with Crippen LogP contribution in [-0.2, 0) is 14.3 Å². The maximum atomic E-state index is 12.1. The fourth-order valence-electron chi connectivity index (χ4n) is 1.66. The smallest absolute Gasteiger partial charge is 0.326 e. The van der Waals surface area contributed by atoms with Crippen molar-refractivity contribution in [3.8, 4) is 0 Å². The van der Waals surface area contributed by atoms with Crippen molar-refractivity contribution in [2.75, 3.05) is 13.2 Å². The number of rotatable bonds is 4. The lowest BCUT2D eigenvalue weighted by Crippen LogP contribution is -2.37. The minimum Gasteiger partial charge on any atom is -0.465 e. The van der Waals surface area contributed by atoms with E-state index in [-0.39, 0.29) is 23.1 Å². The van der Waals surface area contributed by atoms with Gasteiger partial charge < -0.3 is 4.74 Å². The quantitative estimate of drug-likeness (QED) is 0.586. The van der Waals surface area contributed by atoms with Gasteiger partial charge in [-0.1, -0.05) is 44.8 Å². The van der Waals surface area contributed by atoms with Crippen molar-refractivity contribution in [2.45, 2.75) is 39.4 Å². The van der Waals surface area contributed by atoms with Crippen molar-refractivity contribution < 1.29 is 14.3 Å². The van der Waals surface area contributed by atoms with Crippen LogP contribution in [0.5, 0.6) is 0 Å². The van der Waals surface area contributed by atoms with Gasteiger partial charge in [-0.2, -0.15) is 0 Å². The molecule has 4 nitrogen and oxygen atoms in total. The molecule has 18 heavy (non-hydrogen) atoms. The Balaban J connectivity index is 2.64. The third kappa shape index (κ3) is 4.24. The Labute approximate surface area is 117 Å². The fourth-order valence-corrected chi connectivity index (χ4v) is 3.50. The number of thiocarbonyl (C=S) groups is 1. The van der Waals surface area contributed by atoms with Crippen LogP contribution >= 0.6 is 24.0 Å². The first-order valence-corrected chi connectivity index (χ1v) is 7.21. The van der Waals surface area contributed by atoms with Crippen molar-refractivity contribution in [1.82, 2.24) is 4.90 Å². The topological polar surface area (TPSA) is 46.6 Å². The minimum absolute atomic E-state index is 0.0584. The van der Waals surface area contributed by atoms with Crippen molar-refractivity contribution >= 4 is 40.2 Å². The molecule has 0 aromatic carbocycles. The number of amides is 1. The van der Waals surface area contributed by atoms with Crippen molar-refractivity contribution in [3.05, 3.63) is 0 Å². The lowest BCUT2D eigenvalue weighted by atomic mass is 9.90. The summed E-state index contributed by atoms with van der Waals surface area (Å²) in [5.74, 6) is -0.488. The van der Waals surface area contributed by atoms with Gasteiger partial charge in [0.1, 0.15) is 10.9 Å². The zero-order chi connectivity index (χ0) is 13.9. The van der Waals surface area contributed by atoms with Gasteiger partial charge in [0.2, 0.25) is 5.91 Å². The third-order valence-corrected chi connectivity index (χ3v) is 3.98. The molecule has 1 fully saturated rings. The molecule has 1 unspecified atom stereocenters. The monoisotopic (exact) mass is 289 g/mol. The summed E-state index contributed by atoms with van der Waals surface area (Å²) in [7, 11) is 0. The zero-order valence-corrected chi connectivity index (χ0v) is 12.8. The molecule has 0 bridgehead atoms. The highest BCUT2D eigenvalue weighted by Gasteiger charge is 2.39. The summed E-state index contributed by atoms with van der Waals surface area (Å²) in [6, 6.07) is 0. The average molecular weight is 289 g/mol. The largest absolute Gasteiger partial charge is 0.465 e. The van der Waals surface area contributed by atoms with E-state index in [2.05, 4.69) is 20.8 Å². The summed E-state index contributed by atoms with van der Waals surface area (Å²) in [4.78, 5) is 24.9. The van der Waals surface area contributed by atoms with Crippen LogP contribution < -0.4 is 0 Å². The Bertz CT molecular complexity index is 363. The molecule has 0 aliphatic carbocycles. The lowest BCUT2D eigenvalue weighted by molar-refractivity contribution is -0.146. The van der Waals surface area contributed by atoms with Gasteiger partial charge in [-0.3, -0.25) is 14.5 Å². The molecule has 1 heterocycles. The molecular formula is C12H19NO3S2. The number of hydrogen-bond acceptors (Lipinski definition) is 5. The first kappa shape index (κ1) is 15.4. The number of esters is 1. The molecule has 0 aromatic heterocycles. The third-order valence-electron chi connectivity index (χ3n) is 2.40. The molecular weight excluding hydrogens is 270 g/mol. The van der Waals surface area contributed by atoms with E-state index in [0.29, 0.717) is 10.9 Å². The van der Waals surface area contributed by atoms with Crippen LogP contribution in [0.4, 0.5) is 0 Å². The summed E-state index contributed by atoms with van der Waals surface area (Å²) in [6.07, 6.45) is 0.746. The first-order valence-electron chi connectivity index (χ1n) is 5.92. The van der Waals surface area contributed by atoms with Gasteiger partial charge in [-0.05, 0) is 18.8 Å². The number of carbonyl (C=O) groups excluding carboxylic acids is 2. The van der Waals surface area contributed by atoms with E-state index in [1.54, 1.807) is 6.92 Å². The standard InChI is InChI=1S/C12H19NO3S2/c1-5-16-9(14)7-13-10(15)8(18-11(13)17)6-12(2,3)4/h8H,5-7H2,1-4H3. The maximum Gasteiger partial charge on any atom is 0.326 e. The Morgan fingerprint density at radius 3 is 2.61 bits per heavy atom. The van der Waals surface area contributed by atoms with E-state index in [4.69, 9.17) is 17.0 Å². The maximum absolute atomic E-state index is 12.1. The van der Waals surface area contributed by atoms with E-state index >= 15 is 0 Å². The van der Waals surface area contributed by atoms with Crippen LogP contribution in [0.1, 0.15) is 34.1 Å². The van der Waals surface area contributed by atoms with E-state index in [0.717, 1.165) is 6.42 Å².